The minimum absolute atomic E-state index is 0.0482. The van der Waals surface area contributed by atoms with E-state index < -0.39 is 5.97 Å². The molecule has 0 saturated heterocycles. The van der Waals surface area contributed by atoms with Gasteiger partial charge in [0.2, 0.25) is 5.91 Å². The number of rotatable bonds is 8. The molecule has 180 valence electrons. The molecule has 2 aromatic carbocycles. The Morgan fingerprint density at radius 2 is 1.79 bits per heavy atom. The molecule has 0 saturated carbocycles. The van der Waals surface area contributed by atoms with E-state index in [1.807, 2.05) is 49.4 Å². The fourth-order valence-corrected chi connectivity index (χ4v) is 4.10. The van der Waals surface area contributed by atoms with Gasteiger partial charge in [-0.25, -0.2) is 4.79 Å². The number of ether oxygens (including phenoxy) is 1. The second-order valence-electron chi connectivity index (χ2n) is 9.07. The molecule has 2 atom stereocenters. The summed E-state index contributed by atoms with van der Waals surface area (Å²) in [7, 11) is 0. The molecule has 2 amide bonds. The average molecular weight is 463 g/mol. The normalized spacial score (nSPS) is 17.1. The number of benzene rings is 2. The van der Waals surface area contributed by atoms with E-state index in [1.54, 1.807) is 30.9 Å². The van der Waals surface area contributed by atoms with E-state index in [-0.39, 0.29) is 43.3 Å². The lowest BCUT2D eigenvalue weighted by atomic mass is 9.83. The van der Waals surface area contributed by atoms with Crippen LogP contribution in [0.15, 0.2) is 65.9 Å². The van der Waals surface area contributed by atoms with E-state index in [4.69, 9.17) is 4.74 Å². The van der Waals surface area contributed by atoms with Gasteiger partial charge < -0.3 is 15.0 Å². The number of hydrogen-bond acceptors (Lipinski definition) is 4. The van der Waals surface area contributed by atoms with Crippen LogP contribution in [0, 0.1) is 5.92 Å². The highest BCUT2D eigenvalue weighted by atomic mass is 16.5. The Bertz CT molecular complexity index is 1070. The molecule has 0 spiro atoms. The van der Waals surface area contributed by atoms with Gasteiger partial charge >= 0.3 is 5.97 Å². The Morgan fingerprint density at radius 1 is 1.09 bits per heavy atom. The van der Waals surface area contributed by atoms with Gasteiger partial charge in [0.25, 0.3) is 5.91 Å². The van der Waals surface area contributed by atoms with Crippen LogP contribution in [-0.4, -0.2) is 35.3 Å². The summed E-state index contributed by atoms with van der Waals surface area (Å²) in [6.45, 7) is 10.2. The summed E-state index contributed by atoms with van der Waals surface area (Å²) in [6.07, 6.45) is 0.182. The van der Waals surface area contributed by atoms with Crippen molar-refractivity contribution in [3.8, 4) is 0 Å². The van der Waals surface area contributed by atoms with Crippen LogP contribution < -0.4 is 5.32 Å². The van der Waals surface area contributed by atoms with Crippen molar-refractivity contribution in [2.45, 2.75) is 59.5 Å². The second-order valence-corrected chi connectivity index (χ2v) is 9.07. The molecule has 3 rings (SSSR count). The number of nitrogens with zero attached hydrogens (tertiary/aromatic N) is 1. The largest absolute Gasteiger partial charge is 0.463 e. The first kappa shape index (κ1) is 25.2. The van der Waals surface area contributed by atoms with Crippen molar-refractivity contribution in [1.82, 2.24) is 10.2 Å². The summed E-state index contributed by atoms with van der Waals surface area (Å²) in [5.41, 5.74) is 3.37. The Kier molecular flexibility index (Phi) is 8.26. The highest BCUT2D eigenvalue weighted by molar-refractivity contribution is 5.96. The predicted molar refractivity (Wildman–Crippen MR) is 132 cm³/mol. The maximum absolute atomic E-state index is 13.2. The van der Waals surface area contributed by atoms with E-state index >= 15 is 0 Å². The molecule has 1 aliphatic heterocycles. The number of carbonyl (C=O) groups is 3. The summed E-state index contributed by atoms with van der Waals surface area (Å²) < 4.78 is 5.36. The van der Waals surface area contributed by atoms with Crippen LogP contribution in [0.5, 0.6) is 0 Å². The van der Waals surface area contributed by atoms with Gasteiger partial charge in [0, 0.05) is 29.6 Å². The van der Waals surface area contributed by atoms with Crippen LogP contribution in [0.2, 0.25) is 0 Å². The minimum Gasteiger partial charge on any atom is -0.463 e. The van der Waals surface area contributed by atoms with Crippen molar-refractivity contribution in [2.24, 2.45) is 5.92 Å². The topological polar surface area (TPSA) is 75.7 Å². The van der Waals surface area contributed by atoms with Gasteiger partial charge in [-0.05, 0) is 49.9 Å². The quantitative estimate of drug-likeness (QED) is 0.571. The monoisotopic (exact) mass is 462 g/mol. The smallest absolute Gasteiger partial charge is 0.336 e. The lowest BCUT2D eigenvalue weighted by Crippen LogP contribution is -2.38. The molecule has 1 heterocycles. The number of hydrogen-bond donors (Lipinski definition) is 1. The maximum Gasteiger partial charge on any atom is 0.336 e. The SMILES string of the molecule is CCOC(=O)C1=C(C)N(Cc2cccc(C(=O)NC(C)C(C)C)c2)C(=O)CC1c1ccccc1. The average Bonchev–Trinajstić information content (AvgIpc) is 2.82. The molecule has 6 nitrogen and oxygen atoms in total. The van der Waals surface area contributed by atoms with Gasteiger partial charge in [-0.1, -0.05) is 56.3 Å². The third kappa shape index (κ3) is 5.74. The number of carbonyl (C=O) groups excluding carboxylic acids is 3. The molecule has 0 radical (unpaired) electrons. The van der Waals surface area contributed by atoms with E-state index in [9.17, 15) is 14.4 Å². The maximum atomic E-state index is 13.2. The van der Waals surface area contributed by atoms with Crippen LogP contribution >= 0.6 is 0 Å². The third-order valence-corrected chi connectivity index (χ3v) is 6.41. The molecular weight excluding hydrogens is 428 g/mol. The van der Waals surface area contributed by atoms with Crippen molar-refractivity contribution >= 4 is 17.8 Å². The molecule has 1 aliphatic rings. The zero-order chi connectivity index (χ0) is 24.8. The molecule has 34 heavy (non-hydrogen) atoms. The van der Waals surface area contributed by atoms with Gasteiger partial charge in [-0.2, -0.15) is 0 Å². The van der Waals surface area contributed by atoms with Crippen LogP contribution in [0.4, 0.5) is 0 Å². The summed E-state index contributed by atoms with van der Waals surface area (Å²) in [5.74, 6) is -0.634. The molecule has 0 fully saturated rings. The van der Waals surface area contributed by atoms with E-state index in [0.717, 1.165) is 11.1 Å². The van der Waals surface area contributed by atoms with Crippen LogP contribution in [0.1, 0.15) is 68.4 Å². The zero-order valence-electron chi connectivity index (χ0n) is 20.6. The van der Waals surface area contributed by atoms with Crippen molar-refractivity contribution in [2.75, 3.05) is 6.61 Å². The summed E-state index contributed by atoms with van der Waals surface area (Å²) in [4.78, 5) is 40.5. The number of nitrogens with one attached hydrogen (secondary N) is 1. The molecule has 0 aromatic heterocycles. The van der Waals surface area contributed by atoms with Gasteiger partial charge in [-0.3, -0.25) is 9.59 Å². The Labute approximate surface area is 202 Å². The third-order valence-electron chi connectivity index (χ3n) is 6.41. The molecular formula is C28H34N2O4. The molecule has 2 aromatic rings. The fraction of sp³-hybridized carbons (Fsp3) is 0.393. The molecule has 0 aliphatic carbocycles. The van der Waals surface area contributed by atoms with E-state index in [1.165, 1.54) is 0 Å². The van der Waals surface area contributed by atoms with Gasteiger partial charge in [-0.15, -0.1) is 0 Å². The van der Waals surface area contributed by atoms with Crippen molar-refractivity contribution < 1.29 is 19.1 Å². The van der Waals surface area contributed by atoms with Crippen LogP contribution in [-0.2, 0) is 20.9 Å². The van der Waals surface area contributed by atoms with Gasteiger partial charge in [0.15, 0.2) is 0 Å². The summed E-state index contributed by atoms with van der Waals surface area (Å²) >= 11 is 0. The number of amides is 2. The summed E-state index contributed by atoms with van der Waals surface area (Å²) in [6, 6.07) is 16.9. The fourth-order valence-electron chi connectivity index (χ4n) is 4.10. The van der Waals surface area contributed by atoms with Crippen LogP contribution in [0.3, 0.4) is 0 Å². The molecule has 0 bridgehead atoms. The first-order valence-corrected chi connectivity index (χ1v) is 11.9. The minimum atomic E-state index is -0.401. The number of esters is 1. The highest BCUT2D eigenvalue weighted by Gasteiger charge is 2.36. The van der Waals surface area contributed by atoms with Crippen LogP contribution in [0.25, 0.3) is 0 Å². The second kappa shape index (κ2) is 11.1. The summed E-state index contributed by atoms with van der Waals surface area (Å²) in [5, 5.41) is 3.01. The predicted octanol–water partition coefficient (Wildman–Crippen LogP) is 4.81. The van der Waals surface area contributed by atoms with Gasteiger partial charge in [0.05, 0.1) is 18.7 Å². The zero-order valence-corrected chi connectivity index (χ0v) is 20.6. The van der Waals surface area contributed by atoms with Crippen molar-refractivity contribution in [1.29, 1.82) is 0 Å². The standard InChI is InChI=1S/C28H34N2O4/c1-6-34-28(33)26-20(5)30(25(31)16-24(26)22-12-8-7-9-13-22)17-21-11-10-14-23(15-21)27(32)29-19(4)18(2)3/h7-15,18-19,24H,6,16-17H2,1-5H3,(H,29,32). The Hall–Kier alpha value is -3.41. The molecule has 1 N–H and O–H groups in total. The van der Waals surface area contributed by atoms with E-state index in [2.05, 4.69) is 19.2 Å². The first-order chi connectivity index (χ1) is 16.2. The lowest BCUT2D eigenvalue weighted by Gasteiger charge is -2.34. The lowest BCUT2D eigenvalue weighted by molar-refractivity contribution is -0.140. The van der Waals surface area contributed by atoms with Gasteiger partial charge in [0.1, 0.15) is 0 Å². The highest BCUT2D eigenvalue weighted by Crippen LogP contribution is 2.37. The van der Waals surface area contributed by atoms with Crippen molar-refractivity contribution in [3.63, 3.8) is 0 Å². The first-order valence-electron chi connectivity index (χ1n) is 11.9. The molecule has 2 unspecified atom stereocenters. The van der Waals surface area contributed by atoms with Crippen molar-refractivity contribution in [3.05, 3.63) is 82.6 Å². The Morgan fingerprint density at radius 3 is 2.44 bits per heavy atom. The van der Waals surface area contributed by atoms with E-state index in [0.29, 0.717) is 22.8 Å². The Balaban J connectivity index is 1.91. The number of allylic oxidation sites excluding steroid dienone is 1. The molecule has 6 heteroatoms.